The average Bonchev–Trinajstić information content (AvgIpc) is 3.19. The van der Waals surface area contributed by atoms with Crippen molar-refractivity contribution in [1.82, 2.24) is 19.7 Å². The molecule has 7 nitrogen and oxygen atoms in total. The molecular formula is C18H26N4O3. The molecule has 1 saturated heterocycles. The Hall–Kier alpha value is -2.15. The maximum absolute atomic E-state index is 13.0. The van der Waals surface area contributed by atoms with Crippen LogP contribution in [0, 0.1) is 13.8 Å². The Kier molecular flexibility index (Phi) is 4.94. The Balaban J connectivity index is 1.77. The van der Waals surface area contributed by atoms with Gasteiger partial charge >= 0.3 is 0 Å². The van der Waals surface area contributed by atoms with E-state index in [2.05, 4.69) is 21.7 Å². The fourth-order valence-corrected chi connectivity index (χ4v) is 3.27. The number of amides is 1. The number of aryl methyl sites for hydroxylation is 1. The number of carbonyl (C=O) groups excluding carboxylic acids is 1. The van der Waals surface area contributed by atoms with Crippen molar-refractivity contribution in [2.75, 3.05) is 19.7 Å². The van der Waals surface area contributed by atoms with Crippen molar-refractivity contribution in [2.24, 2.45) is 0 Å². The number of carbonyl (C=O) groups is 1. The Morgan fingerprint density at radius 2 is 2.12 bits per heavy atom. The van der Waals surface area contributed by atoms with Gasteiger partial charge in [0, 0.05) is 30.4 Å². The van der Waals surface area contributed by atoms with Gasteiger partial charge in [-0.05, 0) is 26.8 Å². The molecule has 3 heterocycles. The standard InChI is InChI=1S/C18H26N4O3/c1-6-22-12(4)9-14(13(22)5)18(23)21-7-8-24-15(10-21)17-20-19-16(25-17)11(2)3/h9,11,15H,6-8,10H2,1-5H3/t15-/m0/s1. The first-order chi connectivity index (χ1) is 11.9. The summed E-state index contributed by atoms with van der Waals surface area (Å²) in [5.74, 6) is 1.24. The van der Waals surface area contributed by atoms with Crippen LogP contribution in [0.2, 0.25) is 0 Å². The second-order valence-electron chi connectivity index (χ2n) is 6.77. The van der Waals surface area contributed by atoms with Gasteiger partial charge in [-0.3, -0.25) is 4.79 Å². The molecule has 0 bridgehead atoms. The highest BCUT2D eigenvalue weighted by atomic mass is 16.5. The van der Waals surface area contributed by atoms with Gasteiger partial charge in [0.2, 0.25) is 11.8 Å². The molecule has 0 aliphatic carbocycles. The molecule has 0 unspecified atom stereocenters. The smallest absolute Gasteiger partial charge is 0.255 e. The fourth-order valence-electron chi connectivity index (χ4n) is 3.27. The minimum absolute atomic E-state index is 0.0321. The van der Waals surface area contributed by atoms with Crippen LogP contribution >= 0.6 is 0 Å². The first-order valence-corrected chi connectivity index (χ1v) is 8.83. The minimum atomic E-state index is -0.368. The highest BCUT2D eigenvalue weighted by molar-refractivity contribution is 5.95. The number of morpholine rings is 1. The summed E-state index contributed by atoms with van der Waals surface area (Å²) in [5, 5.41) is 8.15. The molecule has 3 rings (SSSR count). The second-order valence-corrected chi connectivity index (χ2v) is 6.77. The summed E-state index contributed by atoms with van der Waals surface area (Å²) in [7, 11) is 0. The van der Waals surface area contributed by atoms with Gasteiger partial charge in [0.25, 0.3) is 5.91 Å². The summed E-state index contributed by atoms with van der Waals surface area (Å²) in [6, 6.07) is 1.97. The monoisotopic (exact) mass is 346 g/mol. The van der Waals surface area contributed by atoms with Crippen LogP contribution in [0.5, 0.6) is 0 Å². The van der Waals surface area contributed by atoms with E-state index < -0.39 is 0 Å². The van der Waals surface area contributed by atoms with E-state index in [1.165, 1.54) is 0 Å². The van der Waals surface area contributed by atoms with Crippen molar-refractivity contribution in [2.45, 2.75) is 53.2 Å². The molecule has 1 aliphatic heterocycles. The predicted molar refractivity (Wildman–Crippen MR) is 92.6 cm³/mol. The normalized spacial score (nSPS) is 18.2. The highest BCUT2D eigenvalue weighted by Gasteiger charge is 2.31. The molecule has 0 aromatic carbocycles. The molecule has 2 aromatic heterocycles. The lowest BCUT2D eigenvalue weighted by molar-refractivity contribution is -0.0351. The number of rotatable bonds is 4. The van der Waals surface area contributed by atoms with Gasteiger partial charge in [-0.15, -0.1) is 10.2 Å². The van der Waals surface area contributed by atoms with Crippen LogP contribution in [0.1, 0.15) is 66.3 Å². The van der Waals surface area contributed by atoms with Crippen LogP contribution in [0.4, 0.5) is 0 Å². The fraction of sp³-hybridized carbons (Fsp3) is 0.611. The molecule has 0 spiro atoms. The molecule has 1 atom stereocenters. The van der Waals surface area contributed by atoms with Gasteiger partial charge in [0.05, 0.1) is 18.7 Å². The lowest BCUT2D eigenvalue weighted by atomic mass is 10.2. The van der Waals surface area contributed by atoms with Gasteiger partial charge in [0.15, 0.2) is 6.10 Å². The van der Waals surface area contributed by atoms with E-state index in [0.717, 1.165) is 23.5 Å². The zero-order valence-corrected chi connectivity index (χ0v) is 15.6. The quantitative estimate of drug-likeness (QED) is 0.851. The summed E-state index contributed by atoms with van der Waals surface area (Å²) in [6.45, 7) is 12.4. The molecule has 0 radical (unpaired) electrons. The molecule has 7 heteroatoms. The summed E-state index contributed by atoms with van der Waals surface area (Å²) in [5.41, 5.74) is 2.87. The highest BCUT2D eigenvalue weighted by Crippen LogP contribution is 2.25. The molecule has 0 saturated carbocycles. The maximum Gasteiger partial charge on any atom is 0.255 e. The van der Waals surface area contributed by atoms with Gasteiger partial charge < -0.3 is 18.6 Å². The van der Waals surface area contributed by atoms with Gasteiger partial charge in [0.1, 0.15) is 0 Å². The number of hydrogen-bond donors (Lipinski definition) is 0. The summed E-state index contributed by atoms with van der Waals surface area (Å²) in [4.78, 5) is 14.8. The van der Waals surface area contributed by atoms with Crippen LogP contribution in [0.25, 0.3) is 0 Å². The zero-order chi connectivity index (χ0) is 18.1. The van der Waals surface area contributed by atoms with E-state index in [1.807, 2.05) is 38.7 Å². The molecular weight excluding hydrogens is 320 g/mol. The van der Waals surface area contributed by atoms with Crippen molar-refractivity contribution < 1.29 is 13.9 Å². The molecule has 0 N–H and O–H groups in total. The molecule has 1 fully saturated rings. The van der Waals surface area contributed by atoms with E-state index in [4.69, 9.17) is 9.15 Å². The van der Waals surface area contributed by atoms with E-state index >= 15 is 0 Å². The molecule has 25 heavy (non-hydrogen) atoms. The van der Waals surface area contributed by atoms with E-state index in [1.54, 1.807) is 0 Å². The molecule has 2 aromatic rings. The number of nitrogens with zero attached hydrogens (tertiary/aromatic N) is 4. The lowest BCUT2D eigenvalue weighted by Gasteiger charge is -2.31. The average molecular weight is 346 g/mol. The summed E-state index contributed by atoms with van der Waals surface area (Å²) >= 11 is 0. The van der Waals surface area contributed by atoms with Crippen molar-refractivity contribution in [3.8, 4) is 0 Å². The number of ether oxygens (including phenoxy) is 1. The van der Waals surface area contributed by atoms with Gasteiger partial charge in [-0.1, -0.05) is 13.8 Å². The van der Waals surface area contributed by atoms with Crippen LogP contribution in [0.15, 0.2) is 10.5 Å². The van der Waals surface area contributed by atoms with Crippen molar-refractivity contribution in [3.05, 3.63) is 34.8 Å². The Labute approximate surface area is 148 Å². The van der Waals surface area contributed by atoms with Crippen LogP contribution < -0.4 is 0 Å². The van der Waals surface area contributed by atoms with Crippen LogP contribution in [0.3, 0.4) is 0 Å². The van der Waals surface area contributed by atoms with Crippen molar-refractivity contribution in [1.29, 1.82) is 0 Å². The van der Waals surface area contributed by atoms with Crippen LogP contribution in [-0.2, 0) is 11.3 Å². The number of hydrogen-bond acceptors (Lipinski definition) is 5. The SMILES string of the molecule is CCn1c(C)cc(C(=O)N2CCO[C@H](c3nnc(C(C)C)o3)C2)c1C. The first-order valence-electron chi connectivity index (χ1n) is 8.83. The summed E-state index contributed by atoms with van der Waals surface area (Å²) < 4.78 is 13.6. The first kappa shape index (κ1) is 17.7. The molecule has 136 valence electrons. The van der Waals surface area contributed by atoms with E-state index in [0.29, 0.717) is 31.5 Å². The lowest BCUT2D eigenvalue weighted by Crippen LogP contribution is -2.42. The second kappa shape index (κ2) is 7.00. The minimum Gasteiger partial charge on any atom is -0.422 e. The van der Waals surface area contributed by atoms with Crippen molar-refractivity contribution in [3.63, 3.8) is 0 Å². The van der Waals surface area contributed by atoms with E-state index in [-0.39, 0.29) is 17.9 Å². The third-order valence-corrected chi connectivity index (χ3v) is 4.70. The Bertz CT molecular complexity index is 762. The maximum atomic E-state index is 13.0. The third kappa shape index (κ3) is 3.33. The Morgan fingerprint density at radius 3 is 2.72 bits per heavy atom. The topological polar surface area (TPSA) is 73.4 Å². The van der Waals surface area contributed by atoms with Gasteiger partial charge in [-0.2, -0.15) is 0 Å². The zero-order valence-electron chi connectivity index (χ0n) is 15.6. The molecule has 1 amide bonds. The number of aromatic nitrogens is 3. The summed E-state index contributed by atoms with van der Waals surface area (Å²) in [6.07, 6.45) is -0.368. The van der Waals surface area contributed by atoms with Crippen molar-refractivity contribution >= 4 is 5.91 Å². The van der Waals surface area contributed by atoms with Crippen LogP contribution in [-0.4, -0.2) is 45.3 Å². The Morgan fingerprint density at radius 1 is 1.36 bits per heavy atom. The largest absolute Gasteiger partial charge is 0.422 e. The van der Waals surface area contributed by atoms with E-state index in [9.17, 15) is 4.79 Å². The third-order valence-electron chi connectivity index (χ3n) is 4.70. The predicted octanol–water partition coefficient (Wildman–Crippen LogP) is 2.84. The molecule has 1 aliphatic rings. The van der Waals surface area contributed by atoms with Gasteiger partial charge in [-0.25, -0.2) is 0 Å².